The average molecular weight is 659 g/mol. The second kappa shape index (κ2) is 9.53. The van der Waals surface area contributed by atoms with Crippen LogP contribution in [-0.4, -0.2) is 55.4 Å². The van der Waals surface area contributed by atoms with Crippen LogP contribution in [0.5, 0.6) is 0 Å². The first-order valence-electron chi connectivity index (χ1n) is 6.52. The molecule has 7 nitrogen and oxygen atoms in total. The first-order valence-corrected chi connectivity index (χ1v) is 9.76. The number of hydrogen-bond donors (Lipinski definition) is 4. The molecule has 0 saturated carbocycles. The van der Waals surface area contributed by atoms with Gasteiger partial charge < -0.3 is 26.2 Å². The summed E-state index contributed by atoms with van der Waals surface area (Å²) in [6.07, 6.45) is 0. The van der Waals surface area contributed by atoms with Gasteiger partial charge in [0.05, 0.1) is 24.0 Å². The molecule has 0 amide bonds. The SMILES string of the molecule is CN(CCNCCN)c1c(I)c(C(=O)O)c(I)c(C(=O)O)c1I. The molecule has 23 heavy (non-hydrogen) atoms. The first-order chi connectivity index (χ1) is 10.7. The van der Waals surface area contributed by atoms with Crippen LogP contribution in [0.15, 0.2) is 0 Å². The maximum atomic E-state index is 11.6. The lowest BCUT2D eigenvalue weighted by Crippen LogP contribution is -2.33. The molecule has 1 aromatic rings. The first kappa shape index (κ1) is 21.1. The second-order valence-electron chi connectivity index (χ2n) is 4.61. The van der Waals surface area contributed by atoms with E-state index in [0.717, 1.165) is 0 Å². The number of rotatable bonds is 8. The smallest absolute Gasteiger partial charge is 0.337 e. The van der Waals surface area contributed by atoms with E-state index in [2.05, 4.69) is 5.32 Å². The predicted molar refractivity (Wildman–Crippen MR) is 114 cm³/mol. The third kappa shape index (κ3) is 5.02. The number of benzene rings is 1. The molecule has 0 radical (unpaired) electrons. The minimum atomic E-state index is -1.13. The lowest BCUT2D eigenvalue weighted by molar-refractivity contribution is 0.0694. The normalized spacial score (nSPS) is 10.7. The van der Waals surface area contributed by atoms with Crippen molar-refractivity contribution in [3.8, 4) is 0 Å². The van der Waals surface area contributed by atoms with Crippen molar-refractivity contribution in [3.63, 3.8) is 0 Å². The van der Waals surface area contributed by atoms with Crippen LogP contribution in [0.25, 0.3) is 0 Å². The van der Waals surface area contributed by atoms with Crippen LogP contribution < -0.4 is 16.0 Å². The van der Waals surface area contributed by atoms with Gasteiger partial charge in [0.25, 0.3) is 0 Å². The van der Waals surface area contributed by atoms with Gasteiger partial charge in [0.2, 0.25) is 0 Å². The van der Waals surface area contributed by atoms with Gasteiger partial charge in [0.1, 0.15) is 0 Å². The largest absolute Gasteiger partial charge is 0.478 e. The van der Waals surface area contributed by atoms with Crippen LogP contribution in [0.4, 0.5) is 5.69 Å². The van der Waals surface area contributed by atoms with E-state index >= 15 is 0 Å². The molecule has 128 valence electrons. The fourth-order valence-corrected chi connectivity index (χ4v) is 6.86. The maximum Gasteiger partial charge on any atom is 0.337 e. The highest BCUT2D eigenvalue weighted by molar-refractivity contribution is 14.1. The zero-order valence-corrected chi connectivity index (χ0v) is 18.7. The van der Waals surface area contributed by atoms with Crippen molar-refractivity contribution >= 4 is 85.4 Å². The van der Waals surface area contributed by atoms with Crippen molar-refractivity contribution < 1.29 is 19.8 Å². The quantitative estimate of drug-likeness (QED) is 0.249. The Balaban J connectivity index is 3.35. The van der Waals surface area contributed by atoms with Crippen LogP contribution >= 0.6 is 67.8 Å². The number of carboxylic acids is 2. The van der Waals surface area contributed by atoms with Crippen molar-refractivity contribution in [1.29, 1.82) is 0 Å². The number of halogens is 3. The Morgan fingerprint density at radius 2 is 1.52 bits per heavy atom. The Kier molecular flexibility index (Phi) is 8.75. The van der Waals surface area contributed by atoms with Gasteiger partial charge >= 0.3 is 11.9 Å². The molecular formula is C13H16I3N3O4. The van der Waals surface area contributed by atoms with Gasteiger partial charge in [-0.1, -0.05) is 0 Å². The monoisotopic (exact) mass is 659 g/mol. The molecule has 0 aliphatic carbocycles. The third-order valence-corrected chi connectivity index (χ3v) is 6.23. The average Bonchev–Trinajstić information content (AvgIpc) is 2.42. The molecule has 0 saturated heterocycles. The van der Waals surface area contributed by atoms with Crippen molar-refractivity contribution in [2.75, 3.05) is 38.1 Å². The van der Waals surface area contributed by atoms with Crippen LogP contribution in [0.1, 0.15) is 20.7 Å². The highest BCUT2D eigenvalue weighted by Gasteiger charge is 2.28. The van der Waals surface area contributed by atoms with E-state index in [9.17, 15) is 19.8 Å². The number of carbonyl (C=O) groups is 2. The van der Waals surface area contributed by atoms with Gasteiger partial charge in [-0.25, -0.2) is 9.59 Å². The Hall–Kier alpha value is 0.0700. The number of likely N-dealkylation sites (N-methyl/N-ethyl adjacent to an activating group) is 1. The van der Waals surface area contributed by atoms with Crippen molar-refractivity contribution in [1.82, 2.24) is 5.32 Å². The van der Waals surface area contributed by atoms with E-state index in [1.807, 2.05) is 57.1 Å². The fourth-order valence-electron chi connectivity index (χ4n) is 1.95. The van der Waals surface area contributed by atoms with Gasteiger partial charge in [0.15, 0.2) is 0 Å². The van der Waals surface area contributed by atoms with E-state index in [1.165, 1.54) is 0 Å². The van der Waals surface area contributed by atoms with E-state index in [4.69, 9.17) is 5.73 Å². The topological polar surface area (TPSA) is 116 Å². The summed E-state index contributed by atoms with van der Waals surface area (Å²) < 4.78 is 1.32. The Labute approximate surface area is 174 Å². The van der Waals surface area contributed by atoms with Crippen molar-refractivity contribution in [2.45, 2.75) is 0 Å². The summed E-state index contributed by atoms with van der Waals surface area (Å²) >= 11 is 5.72. The molecule has 10 heteroatoms. The zero-order valence-electron chi connectivity index (χ0n) is 12.2. The fraction of sp³-hybridized carbons (Fsp3) is 0.385. The van der Waals surface area contributed by atoms with Gasteiger partial charge in [0, 0.05) is 36.8 Å². The zero-order chi connectivity index (χ0) is 17.7. The lowest BCUT2D eigenvalue weighted by atomic mass is 10.1. The molecule has 1 rings (SSSR count). The molecule has 0 unspecified atom stereocenters. The Bertz CT molecular complexity index is 584. The molecule has 0 spiro atoms. The molecular weight excluding hydrogens is 643 g/mol. The van der Waals surface area contributed by atoms with E-state index < -0.39 is 11.9 Å². The standard InChI is InChI=1S/C13H16I3N3O4/c1-19(5-4-18-3-2-17)11-9(15)6(12(20)21)8(14)7(10(11)16)13(22)23/h18H,2-5,17H2,1H3,(H,20,21)(H,22,23). The number of nitrogens with one attached hydrogen (secondary N) is 1. The van der Waals surface area contributed by atoms with Gasteiger partial charge in [-0.05, 0) is 67.8 Å². The summed E-state index contributed by atoms with van der Waals surface area (Å²) in [6, 6.07) is 0. The highest BCUT2D eigenvalue weighted by Crippen LogP contribution is 2.37. The number of carboxylic acid groups (broad SMARTS) is 2. The van der Waals surface area contributed by atoms with Crippen LogP contribution in [0.3, 0.4) is 0 Å². The molecule has 0 aliphatic heterocycles. The second-order valence-corrected chi connectivity index (χ2v) is 7.85. The Morgan fingerprint density at radius 1 is 1.04 bits per heavy atom. The minimum Gasteiger partial charge on any atom is -0.478 e. The Morgan fingerprint density at radius 3 is 1.91 bits per heavy atom. The number of anilines is 1. The summed E-state index contributed by atoms with van der Waals surface area (Å²) in [5, 5.41) is 22.0. The summed E-state index contributed by atoms with van der Waals surface area (Å²) in [4.78, 5) is 25.0. The van der Waals surface area contributed by atoms with Crippen molar-refractivity contribution in [2.24, 2.45) is 5.73 Å². The van der Waals surface area contributed by atoms with E-state index in [1.54, 1.807) is 22.6 Å². The predicted octanol–water partition coefficient (Wildman–Crippen LogP) is 1.88. The molecule has 0 fully saturated rings. The molecule has 5 N–H and O–H groups in total. The summed E-state index contributed by atoms with van der Waals surface area (Å²) in [6.45, 7) is 2.49. The molecule has 0 atom stereocenters. The van der Waals surface area contributed by atoms with E-state index in [0.29, 0.717) is 39.0 Å². The van der Waals surface area contributed by atoms with Gasteiger partial charge in [-0.15, -0.1) is 0 Å². The summed E-state index contributed by atoms with van der Waals surface area (Å²) in [5.74, 6) is -2.26. The van der Waals surface area contributed by atoms with Gasteiger partial charge in [-0.2, -0.15) is 0 Å². The molecule has 0 aromatic heterocycles. The van der Waals surface area contributed by atoms with Crippen LogP contribution in [0.2, 0.25) is 0 Å². The van der Waals surface area contributed by atoms with Crippen LogP contribution in [0, 0.1) is 10.7 Å². The number of nitrogens with two attached hydrogens (primary N) is 1. The van der Waals surface area contributed by atoms with E-state index in [-0.39, 0.29) is 14.7 Å². The number of hydrogen-bond acceptors (Lipinski definition) is 5. The maximum absolute atomic E-state index is 11.6. The highest BCUT2D eigenvalue weighted by atomic mass is 127. The number of nitrogens with zero attached hydrogens (tertiary/aromatic N) is 1. The van der Waals surface area contributed by atoms with Crippen LogP contribution in [-0.2, 0) is 0 Å². The lowest BCUT2D eigenvalue weighted by Gasteiger charge is -2.25. The summed E-state index contributed by atoms with van der Waals surface area (Å²) in [7, 11) is 1.81. The molecule has 0 heterocycles. The minimum absolute atomic E-state index is 0.0285. The molecule has 0 aliphatic rings. The number of aromatic carboxylic acids is 2. The summed E-state index contributed by atoms with van der Waals surface area (Å²) in [5.41, 5.74) is 6.10. The molecule has 0 bridgehead atoms. The molecule has 1 aromatic carbocycles. The van der Waals surface area contributed by atoms with Gasteiger partial charge in [-0.3, -0.25) is 0 Å². The third-order valence-electron chi connectivity index (χ3n) is 3.05. The van der Waals surface area contributed by atoms with Crippen molar-refractivity contribution in [3.05, 3.63) is 21.8 Å².